The molecule has 0 spiro atoms. The summed E-state index contributed by atoms with van der Waals surface area (Å²) in [7, 11) is 0. The van der Waals surface area contributed by atoms with Crippen LogP contribution in [-0.4, -0.2) is 10.4 Å². The number of hydrogen-bond acceptors (Lipinski definition) is 1. The van der Waals surface area contributed by atoms with E-state index in [0.717, 1.165) is 16.5 Å². The zero-order chi connectivity index (χ0) is 8.97. The number of hydrogen-bond donors (Lipinski definition) is 1. The molecular weight excluding hydrogens is 216 g/mol. The van der Waals surface area contributed by atoms with Crippen molar-refractivity contribution in [2.45, 2.75) is 6.92 Å². The van der Waals surface area contributed by atoms with Crippen molar-refractivity contribution in [3.8, 4) is 5.75 Å². The molecule has 64 valence electrons. The summed E-state index contributed by atoms with van der Waals surface area (Å²) < 4.78 is 0. The second-order valence-corrected chi connectivity index (χ2v) is 3.31. The van der Waals surface area contributed by atoms with Crippen LogP contribution >= 0.6 is 15.9 Å². The molecule has 1 aromatic carbocycles. The Kier molecular flexibility index (Phi) is 3.35. The molecule has 0 saturated heterocycles. The van der Waals surface area contributed by atoms with E-state index in [0.29, 0.717) is 5.75 Å². The van der Waals surface area contributed by atoms with Crippen molar-refractivity contribution in [2.24, 2.45) is 0 Å². The Morgan fingerprint density at radius 1 is 1.42 bits per heavy atom. The molecule has 0 radical (unpaired) electrons. The molecule has 0 aliphatic heterocycles. The summed E-state index contributed by atoms with van der Waals surface area (Å²) in [5.41, 5.74) is 2.11. The minimum atomic E-state index is 0.323. The van der Waals surface area contributed by atoms with E-state index >= 15 is 0 Å². The molecule has 1 aromatic rings. The smallest absolute Gasteiger partial charge is 0.116 e. The number of phenols is 1. The molecule has 1 nitrogen and oxygen atoms in total. The van der Waals surface area contributed by atoms with Gasteiger partial charge in [-0.15, -0.1) is 0 Å². The van der Waals surface area contributed by atoms with Gasteiger partial charge >= 0.3 is 0 Å². The van der Waals surface area contributed by atoms with Crippen molar-refractivity contribution in [2.75, 3.05) is 5.33 Å². The molecule has 0 aliphatic rings. The highest BCUT2D eigenvalue weighted by Gasteiger charge is 1.92. The maximum absolute atomic E-state index is 9.25. The fraction of sp³-hybridized carbons (Fsp3) is 0.200. The second-order valence-electron chi connectivity index (χ2n) is 2.66. The zero-order valence-electron chi connectivity index (χ0n) is 6.92. The molecule has 0 saturated carbocycles. The first kappa shape index (κ1) is 9.33. The van der Waals surface area contributed by atoms with Gasteiger partial charge in [0, 0.05) is 5.33 Å². The summed E-state index contributed by atoms with van der Waals surface area (Å²) in [6, 6.07) is 5.51. The Labute approximate surface area is 80.9 Å². The van der Waals surface area contributed by atoms with E-state index in [1.165, 1.54) is 0 Å². The van der Waals surface area contributed by atoms with Crippen LogP contribution < -0.4 is 0 Å². The van der Waals surface area contributed by atoms with Crippen LogP contribution in [0.3, 0.4) is 0 Å². The fourth-order valence-electron chi connectivity index (χ4n) is 1.07. The lowest BCUT2D eigenvalue weighted by Crippen LogP contribution is -1.76. The molecule has 0 fully saturated rings. The monoisotopic (exact) mass is 226 g/mol. The van der Waals surface area contributed by atoms with Crippen molar-refractivity contribution in [3.05, 3.63) is 35.4 Å². The Morgan fingerprint density at radius 3 is 2.75 bits per heavy atom. The van der Waals surface area contributed by atoms with Gasteiger partial charge in [-0.2, -0.15) is 0 Å². The van der Waals surface area contributed by atoms with Gasteiger partial charge < -0.3 is 5.11 Å². The van der Waals surface area contributed by atoms with Crippen LogP contribution in [0.1, 0.15) is 11.1 Å². The van der Waals surface area contributed by atoms with E-state index in [-0.39, 0.29) is 0 Å². The summed E-state index contributed by atoms with van der Waals surface area (Å²) in [6.45, 7) is 1.96. The molecule has 0 aliphatic carbocycles. The first-order valence-corrected chi connectivity index (χ1v) is 4.87. The minimum Gasteiger partial charge on any atom is -0.508 e. The van der Waals surface area contributed by atoms with Crippen molar-refractivity contribution < 1.29 is 5.11 Å². The molecule has 0 aromatic heterocycles. The second kappa shape index (κ2) is 4.31. The number of rotatable bonds is 2. The van der Waals surface area contributed by atoms with Gasteiger partial charge in [-0.1, -0.05) is 34.1 Å². The normalized spacial score (nSPS) is 10.8. The largest absolute Gasteiger partial charge is 0.508 e. The summed E-state index contributed by atoms with van der Waals surface area (Å²) in [6.07, 6.45) is 3.97. The Hall–Kier alpha value is -0.760. The topological polar surface area (TPSA) is 20.2 Å². The van der Waals surface area contributed by atoms with E-state index < -0.39 is 0 Å². The first-order chi connectivity index (χ1) is 5.72. The van der Waals surface area contributed by atoms with E-state index in [9.17, 15) is 5.11 Å². The van der Waals surface area contributed by atoms with Gasteiger partial charge in [-0.25, -0.2) is 0 Å². The number of allylic oxidation sites excluding steroid dienone is 1. The molecular formula is C10H11BrO. The van der Waals surface area contributed by atoms with Crippen molar-refractivity contribution >= 4 is 22.0 Å². The Morgan fingerprint density at radius 2 is 2.17 bits per heavy atom. The lowest BCUT2D eigenvalue weighted by molar-refractivity contribution is 0.475. The fourth-order valence-corrected chi connectivity index (χ4v) is 1.26. The highest BCUT2D eigenvalue weighted by molar-refractivity contribution is 9.09. The van der Waals surface area contributed by atoms with Gasteiger partial charge in [-0.05, 0) is 30.2 Å². The predicted molar refractivity (Wildman–Crippen MR) is 55.7 cm³/mol. The molecule has 1 N–H and O–H groups in total. The zero-order valence-corrected chi connectivity index (χ0v) is 8.51. The molecule has 0 heterocycles. The third-order valence-corrected chi connectivity index (χ3v) is 1.86. The average Bonchev–Trinajstić information content (AvgIpc) is 1.99. The lowest BCUT2D eigenvalue weighted by atomic mass is 10.1. The van der Waals surface area contributed by atoms with Crippen LogP contribution in [0.2, 0.25) is 0 Å². The van der Waals surface area contributed by atoms with E-state index in [1.54, 1.807) is 12.1 Å². The van der Waals surface area contributed by atoms with Crippen LogP contribution in [0.15, 0.2) is 24.3 Å². The molecule has 0 unspecified atom stereocenters. The van der Waals surface area contributed by atoms with Gasteiger partial charge in [-0.3, -0.25) is 0 Å². The molecule has 2 heteroatoms. The molecule has 0 bridgehead atoms. The van der Waals surface area contributed by atoms with E-state index in [1.807, 2.05) is 25.1 Å². The number of aromatic hydroxyl groups is 1. The van der Waals surface area contributed by atoms with Crippen molar-refractivity contribution in [1.82, 2.24) is 0 Å². The van der Waals surface area contributed by atoms with E-state index in [4.69, 9.17) is 0 Å². The average molecular weight is 227 g/mol. The molecule has 1 rings (SSSR count). The van der Waals surface area contributed by atoms with Crippen LogP contribution in [0.4, 0.5) is 0 Å². The summed E-state index contributed by atoms with van der Waals surface area (Å²) in [5.74, 6) is 0.323. The number of aryl methyl sites for hydroxylation is 1. The highest BCUT2D eigenvalue weighted by Crippen LogP contribution is 2.15. The maximum atomic E-state index is 9.25. The van der Waals surface area contributed by atoms with Crippen molar-refractivity contribution in [1.29, 1.82) is 0 Å². The minimum absolute atomic E-state index is 0.323. The molecule has 0 amide bonds. The quantitative estimate of drug-likeness (QED) is 0.769. The van der Waals surface area contributed by atoms with Gasteiger partial charge in [0.25, 0.3) is 0 Å². The third kappa shape index (κ3) is 2.70. The molecule has 12 heavy (non-hydrogen) atoms. The number of alkyl halides is 1. The SMILES string of the molecule is Cc1cc(O)cc(C=CCBr)c1. The number of phenolic OH excluding ortho intramolecular Hbond substituents is 1. The van der Waals surface area contributed by atoms with Gasteiger partial charge in [0.05, 0.1) is 0 Å². The lowest BCUT2D eigenvalue weighted by Gasteiger charge is -1.97. The third-order valence-electron chi connectivity index (χ3n) is 1.48. The van der Waals surface area contributed by atoms with Gasteiger partial charge in [0.2, 0.25) is 0 Å². The van der Waals surface area contributed by atoms with Crippen LogP contribution in [0.5, 0.6) is 5.75 Å². The highest BCUT2D eigenvalue weighted by atomic mass is 79.9. The predicted octanol–water partition coefficient (Wildman–Crippen LogP) is 3.11. The molecule has 0 atom stereocenters. The first-order valence-electron chi connectivity index (χ1n) is 3.75. The summed E-state index contributed by atoms with van der Waals surface area (Å²) in [4.78, 5) is 0. The Bertz CT molecular complexity index is 272. The summed E-state index contributed by atoms with van der Waals surface area (Å²) >= 11 is 3.29. The van der Waals surface area contributed by atoms with Gasteiger partial charge in [0.15, 0.2) is 0 Å². The Balaban J connectivity index is 2.93. The van der Waals surface area contributed by atoms with Gasteiger partial charge in [0.1, 0.15) is 5.75 Å². The number of halogens is 1. The van der Waals surface area contributed by atoms with Crippen LogP contribution in [0, 0.1) is 6.92 Å². The summed E-state index contributed by atoms with van der Waals surface area (Å²) in [5, 5.41) is 10.1. The number of benzene rings is 1. The van der Waals surface area contributed by atoms with Crippen molar-refractivity contribution in [3.63, 3.8) is 0 Å². The maximum Gasteiger partial charge on any atom is 0.116 e. The van der Waals surface area contributed by atoms with Crippen LogP contribution in [0.25, 0.3) is 6.08 Å². The standard InChI is InChI=1S/C10H11BrO/c1-8-5-9(3-2-4-11)7-10(12)6-8/h2-3,5-7,12H,4H2,1H3. The van der Waals surface area contributed by atoms with E-state index in [2.05, 4.69) is 15.9 Å². The van der Waals surface area contributed by atoms with Crippen LogP contribution in [-0.2, 0) is 0 Å².